The van der Waals surface area contributed by atoms with E-state index in [1.54, 1.807) is 23.7 Å². The van der Waals surface area contributed by atoms with Crippen molar-refractivity contribution in [3.63, 3.8) is 0 Å². The van der Waals surface area contributed by atoms with Crippen LogP contribution in [-0.2, 0) is 11.3 Å². The molecule has 0 radical (unpaired) electrons. The molecule has 1 fully saturated rings. The number of nitrogens with zero attached hydrogens (tertiary/aromatic N) is 2. The molecule has 2 rings (SSSR count). The second-order valence-electron chi connectivity index (χ2n) is 5.45. The Morgan fingerprint density at radius 3 is 3.05 bits per heavy atom. The van der Waals surface area contributed by atoms with E-state index in [1.165, 1.54) is 0 Å². The Hall–Kier alpha value is -1.82. The number of aromatic nitrogens is 1. The van der Waals surface area contributed by atoms with Gasteiger partial charge in [0.25, 0.3) is 0 Å². The molecule has 6 nitrogen and oxygen atoms in total. The number of nitrogens with one attached hydrogen (secondary N) is 2. The van der Waals surface area contributed by atoms with Crippen LogP contribution >= 0.6 is 0 Å². The monoisotopic (exact) mass is 306 g/mol. The van der Waals surface area contributed by atoms with Crippen molar-refractivity contribution in [1.29, 1.82) is 0 Å². The SMILES string of the molecule is CN=C(NCCCCn1ccccc1=O)NCC1CCCO1. The van der Waals surface area contributed by atoms with Crippen molar-refractivity contribution < 1.29 is 4.74 Å². The van der Waals surface area contributed by atoms with E-state index in [0.717, 1.165) is 57.9 Å². The van der Waals surface area contributed by atoms with Gasteiger partial charge in [0, 0.05) is 45.6 Å². The van der Waals surface area contributed by atoms with E-state index < -0.39 is 0 Å². The van der Waals surface area contributed by atoms with Crippen LogP contribution in [0.25, 0.3) is 0 Å². The Balaban J connectivity index is 1.58. The van der Waals surface area contributed by atoms with Crippen LogP contribution in [0.15, 0.2) is 34.2 Å². The number of guanidine groups is 1. The predicted octanol–water partition coefficient (Wildman–Crippen LogP) is 0.972. The summed E-state index contributed by atoms with van der Waals surface area (Å²) in [6.45, 7) is 3.27. The van der Waals surface area contributed by atoms with Crippen molar-refractivity contribution in [2.75, 3.05) is 26.7 Å². The van der Waals surface area contributed by atoms with E-state index in [9.17, 15) is 4.79 Å². The first-order chi connectivity index (χ1) is 10.8. The van der Waals surface area contributed by atoms with Crippen LogP contribution in [-0.4, -0.2) is 43.4 Å². The first-order valence-corrected chi connectivity index (χ1v) is 8.01. The smallest absolute Gasteiger partial charge is 0.250 e. The third kappa shape index (κ3) is 5.52. The molecule has 1 aromatic heterocycles. The molecule has 6 heteroatoms. The maximum Gasteiger partial charge on any atom is 0.250 e. The average Bonchev–Trinajstić information content (AvgIpc) is 3.05. The Morgan fingerprint density at radius 1 is 1.41 bits per heavy atom. The fraction of sp³-hybridized carbons (Fsp3) is 0.625. The highest BCUT2D eigenvalue weighted by molar-refractivity contribution is 5.79. The van der Waals surface area contributed by atoms with Gasteiger partial charge in [0.2, 0.25) is 5.56 Å². The average molecular weight is 306 g/mol. The molecule has 0 bridgehead atoms. The Bertz CT molecular complexity index is 521. The normalized spacial score (nSPS) is 18.4. The molecule has 1 saturated heterocycles. The van der Waals surface area contributed by atoms with Crippen LogP contribution in [0.4, 0.5) is 0 Å². The summed E-state index contributed by atoms with van der Waals surface area (Å²) in [6.07, 6.45) is 6.36. The molecular formula is C16H26N4O2. The van der Waals surface area contributed by atoms with Crippen LogP contribution < -0.4 is 16.2 Å². The van der Waals surface area contributed by atoms with Crippen LogP contribution in [0.3, 0.4) is 0 Å². The number of unbranched alkanes of at least 4 members (excludes halogenated alkanes) is 1. The summed E-state index contributed by atoms with van der Waals surface area (Å²) in [7, 11) is 1.77. The van der Waals surface area contributed by atoms with E-state index in [0.29, 0.717) is 6.10 Å². The van der Waals surface area contributed by atoms with Crippen molar-refractivity contribution in [2.45, 2.75) is 38.3 Å². The van der Waals surface area contributed by atoms with Gasteiger partial charge in [0.15, 0.2) is 5.96 Å². The minimum absolute atomic E-state index is 0.0597. The molecular weight excluding hydrogens is 280 g/mol. The van der Waals surface area contributed by atoms with E-state index in [1.807, 2.05) is 12.3 Å². The van der Waals surface area contributed by atoms with Gasteiger partial charge in [0.1, 0.15) is 0 Å². The van der Waals surface area contributed by atoms with E-state index >= 15 is 0 Å². The summed E-state index contributed by atoms with van der Waals surface area (Å²) in [5, 5.41) is 6.58. The standard InChI is InChI=1S/C16H26N4O2/c1-17-16(19-13-14-7-6-12-22-14)18-9-3-5-11-20-10-4-2-8-15(20)21/h2,4,8,10,14H,3,5-7,9,11-13H2,1H3,(H2,17,18,19). The van der Waals surface area contributed by atoms with Crippen molar-refractivity contribution in [1.82, 2.24) is 15.2 Å². The van der Waals surface area contributed by atoms with E-state index in [2.05, 4.69) is 15.6 Å². The van der Waals surface area contributed by atoms with Crippen LogP contribution in [0, 0.1) is 0 Å². The number of aliphatic imine (C=N–C) groups is 1. The molecule has 0 amide bonds. The van der Waals surface area contributed by atoms with Gasteiger partial charge in [-0.05, 0) is 31.7 Å². The van der Waals surface area contributed by atoms with E-state index in [-0.39, 0.29) is 5.56 Å². The zero-order valence-electron chi connectivity index (χ0n) is 13.3. The highest BCUT2D eigenvalue weighted by Gasteiger charge is 2.15. The van der Waals surface area contributed by atoms with Crippen molar-refractivity contribution in [3.8, 4) is 0 Å². The van der Waals surface area contributed by atoms with Gasteiger partial charge >= 0.3 is 0 Å². The summed E-state index contributed by atoms with van der Waals surface area (Å²) in [6, 6.07) is 5.25. The lowest BCUT2D eigenvalue weighted by atomic mass is 10.2. The van der Waals surface area contributed by atoms with Crippen molar-refractivity contribution in [3.05, 3.63) is 34.7 Å². The van der Waals surface area contributed by atoms with Gasteiger partial charge in [-0.1, -0.05) is 6.07 Å². The van der Waals surface area contributed by atoms with Crippen LogP contribution in [0.2, 0.25) is 0 Å². The predicted molar refractivity (Wildman–Crippen MR) is 88.3 cm³/mol. The number of rotatable bonds is 7. The number of ether oxygens (including phenoxy) is 1. The molecule has 122 valence electrons. The zero-order valence-corrected chi connectivity index (χ0v) is 13.3. The molecule has 1 aromatic rings. The molecule has 0 saturated carbocycles. The molecule has 2 N–H and O–H groups in total. The summed E-state index contributed by atoms with van der Waals surface area (Å²) in [5.74, 6) is 0.812. The highest BCUT2D eigenvalue weighted by atomic mass is 16.5. The number of hydrogen-bond donors (Lipinski definition) is 2. The van der Waals surface area contributed by atoms with Crippen molar-refractivity contribution in [2.24, 2.45) is 4.99 Å². The number of aryl methyl sites for hydroxylation is 1. The Kier molecular flexibility index (Phi) is 6.96. The van der Waals surface area contributed by atoms with Gasteiger partial charge in [-0.3, -0.25) is 9.79 Å². The Labute approximate surface area is 131 Å². The molecule has 22 heavy (non-hydrogen) atoms. The number of hydrogen-bond acceptors (Lipinski definition) is 3. The maximum atomic E-state index is 11.6. The third-order valence-corrected chi connectivity index (χ3v) is 3.76. The fourth-order valence-corrected chi connectivity index (χ4v) is 2.50. The zero-order chi connectivity index (χ0) is 15.6. The topological polar surface area (TPSA) is 67.7 Å². The molecule has 1 unspecified atom stereocenters. The molecule has 0 aliphatic carbocycles. The molecule has 1 aliphatic rings. The molecule has 1 aliphatic heterocycles. The van der Waals surface area contributed by atoms with Gasteiger partial charge in [-0.15, -0.1) is 0 Å². The van der Waals surface area contributed by atoms with Crippen LogP contribution in [0.1, 0.15) is 25.7 Å². The summed E-state index contributed by atoms with van der Waals surface area (Å²) in [4.78, 5) is 15.8. The molecule has 2 heterocycles. The molecule has 0 spiro atoms. The van der Waals surface area contributed by atoms with Gasteiger partial charge < -0.3 is 19.9 Å². The second kappa shape index (κ2) is 9.25. The fourth-order valence-electron chi connectivity index (χ4n) is 2.50. The van der Waals surface area contributed by atoms with Crippen molar-refractivity contribution >= 4 is 5.96 Å². The second-order valence-corrected chi connectivity index (χ2v) is 5.45. The van der Waals surface area contributed by atoms with Gasteiger partial charge in [-0.2, -0.15) is 0 Å². The summed E-state index contributed by atoms with van der Waals surface area (Å²) >= 11 is 0. The molecule has 0 aromatic carbocycles. The first-order valence-electron chi connectivity index (χ1n) is 8.01. The lowest BCUT2D eigenvalue weighted by Gasteiger charge is -2.15. The highest BCUT2D eigenvalue weighted by Crippen LogP contribution is 2.10. The van der Waals surface area contributed by atoms with Crippen LogP contribution in [0.5, 0.6) is 0 Å². The molecule has 1 atom stereocenters. The third-order valence-electron chi connectivity index (χ3n) is 3.76. The summed E-state index contributed by atoms with van der Waals surface area (Å²) in [5.41, 5.74) is 0.0597. The summed E-state index contributed by atoms with van der Waals surface area (Å²) < 4.78 is 7.31. The lowest BCUT2D eigenvalue weighted by Crippen LogP contribution is -2.41. The van der Waals surface area contributed by atoms with Gasteiger partial charge in [-0.25, -0.2) is 0 Å². The maximum absolute atomic E-state index is 11.6. The minimum atomic E-state index is 0.0597. The lowest BCUT2D eigenvalue weighted by molar-refractivity contribution is 0.114. The first kappa shape index (κ1) is 16.5. The quantitative estimate of drug-likeness (QED) is 0.447. The van der Waals surface area contributed by atoms with E-state index in [4.69, 9.17) is 4.74 Å². The largest absolute Gasteiger partial charge is 0.376 e. The Morgan fingerprint density at radius 2 is 2.32 bits per heavy atom. The number of pyridine rings is 1. The minimum Gasteiger partial charge on any atom is -0.376 e. The van der Waals surface area contributed by atoms with Gasteiger partial charge in [0.05, 0.1) is 6.10 Å².